The van der Waals surface area contributed by atoms with Crippen molar-refractivity contribution < 1.29 is 26.7 Å². The number of nitrogens with zero attached hydrogens (tertiary/aromatic N) is 1. The van der Waals surface area contributed by atoms with Crippen LogP contribution in [-0.2, 0) is 28.0 Å². The van der Waals surface area contributed by atoms with E-state index in [1.165, 1.54) is 36.4 Å². The van der Waals surface area contributed by atoms with Gasteiger partial charge in [0.25, 0.3) is 10.0 Å². The van der Waals surface area contributed by atoms with Crippen LogP contribution in [0.4, 0.5) is 14.5 Å². The van der Waals surface area contributed by atoms with E-state index in [1.807, 2.05) is 0 Å². The lowest BCUT2D eigenvalue weighted by atomic mass is 10.0. The van der Waals surface area contributed by atoms with Gasteiger partial charge in [0.05, 0.1) is 10.6 Å². The Morgan fingerprint density at radius 1 is 0.811 bits per heavy atom. The molecule has 37 heavy (non-hydrogen) atoms. The van der Waals surface area contributed by atoms with E-state index in [9.17, 15) is 22.0 Å². The Morgan fingerprint density at radius 3 is 2.24 bits per heavy atom. The van der Waals surface area contributed by atoms with Crippen molar-refractivity contribution in [1.82, 2.24) is 5.32 Å². The van der Waals surface area contributed by atoms with E-state index in [4.69, 9.17) is 4.74 Å². The van der Waals surface area contributed by atoms with E-state index >= 15 is 0 Å². The van der Waals surface area contributed by atoms with Crippen LogP contribution in [0.25, 0.3) is 11.1 Å². The summed E-state index contributed by atoms with van der Waals surface area (Å²) in [5, 5.41) is 2.74. The Balaban J connectivity index is 1.24. The van der Waals surface area contributed by atoms with Gasteiger partial charge in [-0.05, 0) is 59.7 Å². The number of nitrogens with one attached hydrogen (secondary N) is 1. The van der Waals surface area contributed by atoms with E-state index in [0.29, 0.717) is 16.9 Å². The zero-order valence-electron chi connectivity index (χ0n) is 19.5. The number of anilines is 1. The monoisotopic (exact) mass is 520 g/mol. The van der Waals surface area contributed by atoms with Crippen LogP contribution in [0.1, 0.15) is 11.1 Å². The zero-order chi connectivity index (χ0) is 26.0. The maximum Gasteiger partial charge on any atom is 0.265 e. The van der Waals surface area contributed by atoms with Crippen LogP contribution in [0.3, 0.4) is 0 Å². The van der Waals surface area contributed by atoms with Crippen LogP contribution < -0.4 is 14.4 Å². The number of hydrogen-bond acceptors (Lipinski definition) is 4. The molecule has 6 nitrogen and oxygen atoms in total. The van der Waals surface area contributed by atoms with Crippen LogP contribution in [0.2, 0.25) is 0 Å². The second-order valence-electron chi connectivity index (χ2n) is 8.51. The van der Waals surface area contributed by atoms with Gasteiger partial charge in [-0.3, -0.25) is 9.10 Å². The normalized spacial score (nSPS) is 13.4. The SMILES string of the molecule is O=C(CN1c2ccc(F)cc2-c2ccccc2S1(=O)=O)NCc1ccc(OCc2ccc(F)cc2)cc1. The standard InChI is InChI=1S/C28H22F2N2O4S/c29-21-9-5-20(6-10-21)18-36-23-12-7-19(8-13-23)16-31-28(33)17-32-26-14-11-22(30)15-25(26)24-3-1-2-4-27(24)37(32,34)35/h1-15H,16-18H2,(H,31,33). The van der Waals surface area contributed by atoms with E-state index in [-0.39, 0.29) is 29.6 Å². The van der Waals surface area contributed by atoms with Crippen molar-refractivity contribution in [2.45, 2.75) is 18.0 Å². The second kappa shape index (κ2) is 10.0. The van der Waals surface area contributed by atoms with Gasteiger partial charge in [-0.2, -0.15) is 0 Å². The highest BCUT2D eigenvalue weighted by molar-refractivity contribution is 7.93. The molecule has 1 aliphatic heterocycles. The molecule has 5 rings (SSSR count). The first-order valence-electron chi connectivity index (χ1n) is 11.5. The minimum Gasteiger partial charge on any atom is -0.489 e. The molecular formula is C28H22F2N2O4S. The third-order valence-electron chi connectivity index (χ3n) is 5.99. The maximum absolute atomic E-state index is 14.0. The van der Waals surface area contributed by atoms with Crippen LogP contribution >= 0.6 is 0 Å². The number of hydrogen-bond donors (Lipinski definition) is 1. The smallest absolute Gasteiger partial charge is 0.265 e. The fourth-order valence-corrected chi connectivity index (χ4v) is 5.76. The molecule has 0 saturated carbocycles. The molecule has 1 aliphatic rings. The van der Waals surface area contributed by atoms with Gasteiger partial charge in [0.1, 0.15) is 30.5 Å². The Hall–Kier alpha value is -4.24. The predicted molar refractivity (Wildman–Crippen MR) is 135 cm³/mol. The molecule has 0 aliphatic carbocycles. The van der Waals surface area contributed by atoms with Crippen LogP contribution in [0.15, 0.2) is 95.9 Å². The molecule has 0 unspecified atom stereocenters. The number of carbonyl (C=O) groups is 1. The van der Waals surface area contributed by atoms with Gasteiger partial charge in [0, 0.05) is 17.7 Å². The lowest BCUT2D eigenvalue weighted by molar-refractivity contribution is -0.119. The summed E-state index contributed by atoms with van der Waals surface area (Å²) < 4.78 is 60.3. The third kappa shape index (κ3) is 5.17. The van der Waals surface area contributed by atoms with Crippen molar-refractivity contribution in [2.75, 3.05) is 10.8 Å². The van der Waals surface area contributed by atoms with Gasteiger partial charge in [0.2, 0.25) is 5.91 Å². The van der Waals surface area contributed by atoms with E-state index in [1.54, 1.807) is 54.6 Å². The highest BCUT2D eigenvalue weighted by Crippen LogP contribution is 2.42. The number of fused-ring (bicyclic) bond motifs is 3. The largest absolute Gasteiger partial charge is 0.489 e. The molecule has 0 bridgehead atoms. The summed E-state index contributed by atoms with van der Waals surface area (Å²) in [7, 11) is -4.01. The first kappa shape index (κ1) is 24.5. The lowest BCUT2D eigenvalue weighted by Crippen LogP contribution is -2.42. The molecule has 1 amide bonds. The van der Waals surface area contributed by atoms with Gasteiger partial charge in [-0.25, -0.2) is 17.2 Å². The number of rotatable bonds is 7. The van der Waals surface area contributed by atoms with Crippen LogP contribution in [-0.4, -0.2) is 20.9 Å². The molecule has 9 heteroatoms. The number of ether oxygens (including phenoxy) is 1. The van der Waals surface area contributed by atoms with Gasteiger partial charge < -0.3 is 10.1 Å². The van der Waals surface area contributed by atoms with E-state index < -0.39 is 28.3 Å². The van der Waals surface area contributed by atoms with Gasteiger partial charge in [-0.1, -0.05) is 42.5 Å². The topological polar surface area (TPSA) is 75.7 Å². The summed E-state index contributed by atoms with van der Waals surface area (Å²) in [6, 6.07) is 23.3. The van der Waals surface area contributed by atoms with Crippen molar-refractivity contribution >= 4 is 21.6 Å². The Kier molecular flexibility index (Phi) is 6.62. The molecule has 0 radical (unpaired) electrons. The van der Waals surface area contributed by atoms with Crippen molar-refractivity contribution in [2.24, 2.45) is 0 Å². The summed E-state index contributed by atoms with van der Waals surface area (Å²) in [4.78, 5) is 12.8. The molecule has 1 N–H and O–H groups in total. The summed E-state index contributed by atoms with van der Waals surface area (Å²) >= 11 is 0. The molecule has 188 valence electrons. The molecule has 4 aromatic carbocycles. The van der Waals surface area contributed by atoms with Gasteiger partial charge in [0.15, 0.2) is 0 Å². The first-order chi connectivity index (χ1) is 17.8. The molecule has 0 aromatic heterocycles. The summed E-state index contributed by atoms with van der Waals surface area (Å²) in [5.41, 5.74) is 2.68. The first-order valence-corrected chi connectivity index (χ1v) is 12.9. The third-order valence-corrected chi connectivity index (χ3v) is 7.81. The second-order valence-corrected chi connectivity index (χ2v) is 10.3. The Morgan fingerprint density at radius 2 is 1.49 bits per heavy atom. The van der Waals surface area contributed by atoms with E-state index in [2.05, 4.69) is 5.32 Å². The number of sulfonamides is 1. The number of carbonyl (C=O) groups excluding carboxylic acids is 1. The summed E-state index contributed by atoms with van der Waals surface area (Å²) in [5.74, 6) is -0.700. The minimum atomic E-state index is -4.01. The maximum atomic E-state index is 14.0. The van der Waals surface area contributed by atoms with Crippen molar-refractivity contribution in [1.29, 1.82) is 0 Å². The highest BCUT2D eigenvalue weighted by Gasteiger charge is 2.36. The average molecular weight is 521 g/mol. The van der Waals surface area contributed by atoms with Crippen molar-refractivity contribution in [3.63, 3.8) is 0 Å². The minimum absolute atomic E-state index is 0.0251. The number of amides is 1. The molecule has 1 heterocycles. The predicted octanol–water partition coefficient (Wildman–Crippen LogP) is 5.04. The Bertz CT molecular complexity index is 1560. The fourth-order valence-electron chi connectivity index (χ4n) is 4.11. The molecule has 0 saturated heterocycles. The lowest BCUT2D eigenvalue weighted by Gasteiger charge is -2.31. The molecule has 4 aromatic rings. The quantitative estimate of drug-likeness (QED) is 0.371. The zero-order valence-corrected chi connectivity index (χ0v) is 20.3. The summed E-state index contributed by atoms with van der Waals surface area (Å²) in [6.45, 7) is 0.0150. The van der Waals surface area contributed by atoms with Gasteiger partial charge >= 0.3 is 0 Å². The molecular weight excluding hydrogens is 498 g/mol. The number of halogens is 2. The number of benzene rings is 4. The van der Waals surface area contributed by atoms with Crippen molar-refractivity contribution in [3.8, 4) is 16.9 Å². The average Bonchev–Trinajstić information content (AvgIpc) is 2.90. The molecule has 0 spiro atoms. The van der Waals surface area contributed by atoms with Crippen molar-refractivity contribution in [3.05, 3.63) is 114 Å². The molecule has 0 fully saturated rings. The van der Waals surface area contributed by atoms with Gasteiger partial charge in [-0.15, -0.1) is 0 Å². The fraction of sp³-hybridized carbons (Fsp3) is 0.107. The van der Waals surface area contributed by atoms with E-state index in [0.717, 1.165) is 15.4 Å². The highest BCUT2D eigenvalue weighted by atomic mass is 32.2. The molecule has 0 atom stereocenters. The van der Waals surface area contributed by atoms with Crippen LogP contribution in [0.5, 0.6) is 5.75 Å². The summed E-state index contributed by atoms with van der Waals surface area (Å²) in [6.07, 6.45) is 0. The Labute approximate surface area is 213 Å². The van der Waals surface area contributed by atoms with Crippen LogP contribution in [0, 0.1) is 11.6 Å².